The van der Waals surface area contributed by atoms with E-state index in [1.807, 2.05) is 24.3 Å². The summed E-state index contributed by atoms with van der Waals surface area (Å²) in [7, 11) is 0. The summed E-state index contributed by atoms with van der Waals surface area (Å²) >= 11 is 0. The fourth-order valence-electron chi connectivity index (χ4n) is 1.58. The molecule has 0 atom stereocenters. The summed E-state index contributed by atoms with van der Waals surface area (Å²) in [4.78, 5) is 18.4. The number of nitrogens with zero attached hydrogens (tertiary/aromatic N) is 1. The highest BCUT2D eigenvalue weighted by atomic mass is 16.4. The van der Waals surface area contributed by atoms with Crippen molar-refractivity contribution in [3.05, 3.63) is 53.1 Å². The van der Waals surface area contributed by atoms with Crippen molar-refractivity contribution in [2.75, 3.05) is 0 Å². The zero-order chi connectivity index (χ0) is 11.0. The molecule has 0 aliphatic carbocycles. The Bertz CT molecular complexity index is 644. The van der Waals surface area contributed by atoms with Crippen LogP contribution in [0.1, 0.15) is 0 Å². The summed E-state index contributed by atoms with van der Waals surface area (Å²) in [6.07, 6.45) is 1.40. The summed E-state index contributed by atoms with van der Waals surface area (Å²) in [5.74, 6) is 0.699. The van der Waals surface area contributed by atoms with Crippen molar-refractivity contribution in [3.8, 4) is 11.4 Å². The van der Waals surface area contributed by atoms with Gasteiger partial charge in [0.1, 0.15) is 12.1 Å². The van der Waals surface area contributed by atoms with Crippen LogP contribution in [0.5, 0.6) is 0 Å². The van der Waals surface area contributed by atoms with Crippen molar-refractivity contribution in [1.29, 1.82) is 0 Å². The van der Waals surface area contributed by atoms with E-state index in [0.29, 0.717) is 5.82 Å². The molecular formula is C12H8N2O2. The Balaban J connectivity index is 2.19. The van der Waals surface area contributed by atoms with E-state index in [0.717, 1.165) is 16.6 Å². The lowest BCUT2D eigenvalue weighted by atomic mass is 10.3. The zero-order valence-corrected chi connectivity index (χ0v) is 8.31. The fraction of sp³-hybridized carbons (Fsp3) is 0. The number of rotatable bonds is 1. The van der Waals surface area contributed by atoms with Gasteiger partial charge in [0, 0.05) is 6.07 Å². The number of aromatic amines is 1. The van der Waals surface area contributed by atoms with Gasteiger partial charge in [-0.25, -0.2) is 9.78 Å². The van der Waals surface area contributed by atoms with Crippen LogP contribution in [0.2, 0.25) is 0 Å². The molecule has 0 aliphatic rings. The predicted octanol–water partition coefficient (Wildman–Crippen LogP) is 2.18. The molecule has 0 unspecified atom stereocenters. The molecule has 1 aromatic carbocycles. The Morgan fingerprint density at radius 1 is 1.12 bits per heavy atom. The number of fused-ring (bicyclic) bond motifs is 1. The third-order valence-electron chi connectivity index (χ3n) is 2.36. The summed E-state index contributed by atoms with van der Waals surface area (Å²) in [5.41, 5.74) is 2.25. The Morgan fingerprint density at radius 3 is 2.75 bits per heavy atom. The van der Waals surface area contributed by atoms with Gasteiger partial charge in [-0.3, -0.25) is 0 Å². The van der Waals surface area contributed by atoms with Crippen LogP contribution in [-0.2, 0) is 0 Å². The minimum absolute atomic E-state index is 0.361. The molecule has 0 spiro atoms. The number of hydrogen-bond donors (Lipinski definition) is 1. The molecular weight excluding hydrogens is 204 g/mol. The maximum absolute atomic E-state index is 10.8. The molecule has 0 saturated heterocycles. The van der Waals surface area contributed by atoms with Crippen LogP contribution in [-0.4, -0.2) is 9.97 Å². The first-order valence-corrected chi connectivity index (χ1v) is 4.87. The number of benzene rings is 1. The number of H-pyrrole nitrogens is 1. The Labute approximate surface area is 90.6 Å². The molecule has 0 bridgehead atoms. The number of hydrogen-bond acceptors (Lipinski definition) is 3. The molecule has 16 heavy (non-hydrogen) atoms. The highest BCUT2D eigenvalue weighted by Crippen LogP contribution is 2.18. The largest absolute Gasteiger partial charge is 0.431 e. The van der Waals surface area contributed by atoms with Gasteiger partial charge in [0.05, 0.1) is 16.6 Å². The minimum Gasteiger partial charge on any atom is -0.431 e. The lowest BCUT2D eigenvalue weighted by Gasteiger charge is -1.92. The number of para-hydroxylation sites is 2. The summed E-state index contributed by atoms with van der Waals surface area (Å²) in [6.45, 7) is 0. The maximum atomic E-state index is 10.8. The van der Waals surface area contributed by atoms with Crippen molar-refractivity contribution in [2.24, 2.45) is 0 Å². The van der Waals surface area contributed by atoms with Gasteiger partial charge in [0.15, 0.2) is 0 Å². The molecule has 3 aromatic rings. The average Bonchev–Trinajstić information content (AvgIpc) is 2.73. The third kappa shape index (κ3) is 1.40. The van der Waals surface area contributed by atoms with Gasteiger partial charge < -0.3 is 9.40 Å². The lowest BCUT2D eigenvalue weighted by Crippen LogP contribution is -1.94. The van der Waals surface area contributed by atoms with Crippen molar-refractivity contribution in [1.82, 2.24) is 9.97 Å². The van der Waals surface area contributed by atoms with Crippen LogP contribution in [0.4, 0.5) is 0 Å². The van der Waals surface area contributed by atoms with Crippen LogP contribution < -0.4 is 5.63 Å². The Kier molecular flexibility index (Phi) is 1.86. The zero-order valence-electron chi connectivity index (χ0n) is 8.31. The fourth-order valence-corrected chi connectivity index (χ4v) is 1.58. The van der Waals surface area contributed by atoms with Gasteiger partial charge in [0.25, 0.3) is 0 Å². The van der Waals surface area contributed by atoms with Crippen LogP contribution in [0.3, 0.4) is 0 Å². The topological polar surface area (TPSA) is 58.9 Å². The molecule has 4 heteroatoms. The SMILES string of the molecule is O=c1ccc(-c2nc3ccccc3[nH]2)co1. The van der Waals surface area contributed by atoms with Gasteiger partial charge >= 0.3 is 5.63 Å². The molecule has 0 amide bonds. The molecule has 4 nitrogen and oxygen atoms in total. The van der Waals surface area contributed by atoms with Crippen molar-refractivity contribution < 1.29 is 4.42 Å². The van der Waals surface area contributed by atoms with Gasteiger partial charge in [-0.15, -0.1) is 0 Å². The van der Waals surface area contributed by atoms with E-state index < -0.39 is 0 Å². The number of nitrogens with one attached hydrogen (secondary N) is 1. The van der Waals surface area contributed by atoms with E-state index in [1.54, 1.807) is 6.07 Å². The van der Waals surface area contributed by atoms with Crippen LogP contribution in [0, 0.1) is 0 Å². The minimum atomic E-state index is -0.361. The maximum Gasteiger partial charge on any atom is 0.335 e. The third-order valence-corrected chi connectivity index (χ3v) is 2.36. The second-order valence-corrected chi connectivity index (χ2v) is 3.45. The van der Waals surface area contributed by atoms with Crippen molar-refractivity contribution in [3.63, 3.8) is 0 Å². The Hall–Kier alpha value is -2.36. The van der Waals surface area contributed by atoms with Crippen LogP contribution in [0.15, 0.2) is 51.9 Å². The van der Waals surface area contributed by atoms with Crippen molar-refractivity contribution >= 4 is 11.0 Å². The molecule has 0 fully saturated rings. The molecule has 0 radical (unpaired) electrons. The van der Waals surface area contributed by atoms with Crippen LogP contribution >= 0.6 is 0 Å². The summed E-state index contributed by atoms with van der Waals surface area (Å²) in [5, 5.41) is 0. The quantitative estimate of drug-likeness (QED) is 0.672. The average molecular weight is 212 g/mol. The molecule has 0 aliphatic heterocycles. The standard InChI is InChI=1S/C12H8N2O2/c15-11-6-5-8(7-16-11)12-13-9-3-1-2-4-10(9)14-12/h1-7H,(H,13,14). The monoisotopic (exact) mass is 212 g/mol. The van der Waals surface area contributed by atoms with Gasteiger partial charge in [-0.05, 0) is 18.2 Å². The molecule has 0 saturated carbocycles. The summed E-state index contributed by atoms with van der Waals surface area (Å²) < 4.78 is 4.79. The Morgan fingerprint density at radius 2 is 2.00 bits per heavy atom. The van der Waals surface area contributed by atoms with E-state index in [9.17, 15) is 4.79 Å². The molecule has 3 rings (SSSR count). The number of imidazole rings is 1. The first kappa shape index (κ1) is 8.91. The van der Waals surface area contributed by atoms with E-state index in [4.69, 9.17) is 4.42 Å². The van der Waals surface area contributed by atoms with E-state index in [-0.39, 0.29) is 5.63 Å². The van der Waals surface area contributed by atoms with E-state index >= 15 is 0 Å². The molecule has 2 heterocycles. The second-order valence-electron chi connectivity index (χ2n) is 3.45. The normalized spacial score (nSPS) is 10.8. The smallest absolute Gasteiger partial charge is 0.335 e. The first-order chi connectivity index (χ1) is 7.83. The van der Waals surface area contributed by atoms with Crippen LogP contribution in [0.25, 0.3) is 22.4 Å². The first-order valence-electron chi connectivity index (χ1n) is 4.87. The van der Waals surface area contributed by atoms with Gasteiger partial charge in [-0.1, -0.05) is 12.1 Å². The molecule has 78 valence electrons. The van der Waals surface area contributed by atoms with E-state index in [1.165, 1.54) is 12.3 Å². The van der Waals surface area contributed by atoms with Gasteiger partial charge in [0.2, 0.25) is 0 Å². The molecule has 1 N–H and O–H groups in total. The van der Waals surface area contributed by atoms with Crippen molar-refractivity contribution in [2.45, 2.75) is 0 Å². The predicted molar refractivity (Wildman–Crippen MR) is 60.1 cm³/mol. The number of aromatic nitrogens is 2. The lowest BCUT2D eigenvalue weighted by molar-refractivity contribution is 0.512. The van der Waals surface area contributed by atoms with E-state index in [2.05, 4.69) is 9.97 Å². The van der Waals surface area contributed by atoms with Gasteiger partial charge in [-0.2, -0.15) is 0 Å². The highest BCUT2D eigenvalue weighted by Gasteiger charge is 2.04. The highest BCUT2D eigenvalue weighted by molar-refractivity contribution is 5.78. The summed E-state index contributed by atoms with van der Waals surface area (Å²) in [6, 6.07) is 10.8. The molecule has 2 aromatic heterocycles. The second kappa shape index (κ2) is 3.34.